The zero-order valence-electron chi connectivity index (χ0n) is 15.1. The zero-order chi connectivity index (χ0) is 17.8. The maximum absolute atomic E-state index is 10.4. The van der Waals surface area contributed by atoms with Crippen LogP contribution in [0.2, 0.25) is 0 Å². The van der Waals surface area contributed by atoms with E-state index in [-0.39, 0.29) is 0 Å². The van der Waals surface area contributed by atoms with Crippen molar-refractivity contribution in [3.05, 3.63) is 77.9 Å². The molecule has 0 radical (unpaired) electrons. The highest BCUT2D eigenvalue weighted by Gasteiger charge is 2.18. The van der Waals surface area contributed by atoms with Crippen molar-refractivity contribution in [2.75, 3.05) is 32.7 Å². The van der Waals surface area contributed by atoms with Crippen LogP contribution in [0.25, 0.3) is 10.8 Å². The second-order valence-electron chi connectivity index (χ2n) is 7.14. The summed E-state index contributed by atoms with van der Waals surface area (Å²) in [7, 11) is 0. The lowest BCUT2D eigenvalue weighted by Gasteiger charge is -2.35. The summed E-state index contributed by atoms with van der Waals surface area (Å²) in [6.45, 7) is 6.24. The quantitative estimate of drug-likeness (QED) is 0.759. The summed E-state index contributed by atoms with van der Waals surface area (Å²) in [5.41, 5.74) is 2.47. The molecule has 3 heteroatoms. The predicted octanol–water partition coefficient (Wildman–Crippen LogP) is 3.91. The maximum atomic E-state index is 10.4. The number of nitrogens with zero attached hydrogens (tertiary/aromatic N) is 2. The molecule has 3 aromatic rings. The molecule has 3 aromatic carbocycles. The van der Waals surface area contributed by atoms with Gasteiger partial charge in [-0.05, 0) is 28.8 Å². The second-order valence-corrected chi connectivity index (χ2v) is 7.14. The van der Waals surface area contributed by atoms with Gasteiger partial charge in [0.15, 0.2) is 0 Å². The van der Waals surface area contributed by atoms with Gasteiger partial charge in [0.2, 0.25) is 0 Å². The summed E-state index contributed by atoms with van der Waals surface area (Å²) in [5, 5.41) is 12.7. The van der Waals surface area contributed by atoms with Crippen LogP contribution in [0, 0.1) is 0 Å². The zero-order valence-corrected chi connectivity index (χ0v) is 15.1. The van der Waals surface area contributed by atoms with Crippen molar-refractivity contribution in [2.45, 2.75) is 13.0 Å². The Kier molecular flexibility index (Phi) is 5.19. The molecule has 134 valence electrons. The Labute approximate surface area is 155 Å². The van der Waals surface area contributed by atoms with E-state index in [0.717, 1.165) is 51.3 Å². The number of phenols is 1. The average molecular weight is 346 g/mol. The Balaban J connectivity index is 1.35. The van der Waals surface area contributed by atoms with Gasteiger partial charge in [-0.2, -0.15) is 0 Å². The number of hydrogen-bond donors (Lipinski definition) is 1. The molecule has 0 unspecified atom stereocenters. The highest BCUT2D eigenvalue weighted by molar-refractivity contribution is 5.87. The monoisotopic (exact) mass is 346 g/mol. The van der Waals surface area contributed by atoms with Crippen LogP contribution < -0.4 is 0 Å². The number of phenolic OH excluding ortho intramolecular Hbond substituents is 1. The topological polar surface area (TPSA) is 26.7 Å². The van der Waals surface area contributed by atoms with Crippen molar-refractivity contribution in [2.24, 2.45) is 0 Å². The molecule has 26 heavy (non-hydrogen) atoms. The van der Waals surface area contributed by atoms with E-state index < -0.39 is 0 Å². The van der Waals surface area contributed by atoms with Crippen LogP contribution in [0.4, 0.5) is 0 Å². The standard InChI is InChI=1S/C23H26N2O/c26-23-11-10-20-8-4-5-9-21(20)22(23)18-25-16-14-24(15-17-25)13-12-19-6-2-1-3-7-19/h1-11,26H,12-18H2. The van der Waals surface area contributed by atoms with Crippen LogP contribution in [-0.4, -0.2) is 47.6 Å². The fourth-order valence-electron chi connectivity index (χ4n) is 3.82. The predicted molar refractivity (Wildman–Crippen MR) is 107 cm³/mol. The molecule has 1 N–H and O–H groups in total. The fourth-order valence-corrected chi connectivity index (χ4v) is 3.82. The highest BCUT2D eigenvalue weighted by Crippen LogP contribution is 2.28. The van der Waals surface area contributed by atoms with Crippen LogP contribution >= 0.6 is 0 Å². The third-order valence-corrected chi connectivity index (χ3v) is 5.42. The molecule has 3 nitrogen and oxygen atoms in total. The van der Waals surface area contributed by atoms with E-state index in [1.807, 2.05) is 18.2 Å². The van der Waals surface area contributed by atoms with Gasteiger partial charge >= 0.3 is 0 Å². The van der Waals surface area contributed by atoms with Gasteiger partial charge in [0.1, 0.15) is 5.75 Å². The summed E-state index contributed by atoms with van der Waals surface area (Å²) in [6, 6.07) is 22.9. The van der Waals surface area contributed by atoms with E-state index in [9.17, 15) is 5.11 Å². The molecule has 1 fully saturated rings. The lowest BCUT2D eigenvalue weighted by Crippen LogP contribution is -2.46. The number of piperazine rings is 1. The Morgan fingerprint density at radius 2 is 1.42 bits per heavy atom. The average Bonchev–Trinajstić information content (AvgIpc) is 2.70. The van der Waals surface area contributed by atoms with Crippen molar-refractivity contribution < 1.29 is 5.11 Å². The summed E-state index contributed by atoms with van der Waals surface area (Å²) in [5.74, 6) is 0.412. The Morgan fingerprint density at radius 3 is 2.23 bits per heavy atom. The van der Waals surface area contributed by atoms with Gasteiger partial charge in [0, 0.05) is 44.8 Å². The van der Waals surface area contributed by atoms with Gasteiger partial charge < -0.3 is 10.0 Å². The van der Waals surface area contributed by atoms with Gasteiger partial charge in [0.05, 0.1) is 0 Å². The molecular formula is C23H26N2O. The second kappa shape index (κ2) is 7.90. The lowest BCUT2D eigenvalue weighted by atomic mass is 10.0. The third kappa shape index (κ3) is 3.90. The van der Waals surface area contributed by atoms with Crippen molar-refractivity contribution in [1.82, 2.24) is 9.80 Å². The molecule has 1 aliphatic rings. The van der Waals surface area contributed by atoms with Gasteiger partial charge in [-0.15, -0.1) is 0 Å². The molecule has 0 spiro atoms. The van der Waals surface area contributed by atoms with Gasteiger partial charge in [-0.25, -0.2) is 0 Å². The minimum absolute atomic E-state index is 0.412. The van der Waals surface area contributed by atoms with E-state index in [1.54, 1.807) is 0 Å². The molecule has 0 atom stereocenters. The molecule has 0 saturated carbocycles. The first kappa shape index (κ1) is 17.1. The summed E-state index contributed by atoms with van der Waals surface area (Å²) in [6.07, 6.45) is 1.12. The lowest BCUT2D eigenvalue weighted by molar-refractivity contribution is 0.128. The number of aromatic hydroxyl groups is 1. The van der Waals surface area contributed by atoms with Gasteiger partial charge in [0.25, 0.3) is 0 Å². The largest absolute Gasteiger partial charge is 0.508 e. The van der Waals surface area contributed by atoms with Crippen molar-refractivity contribution >= 4 is 10.8 Å². The van der Waals surface area contributed by atoms with Crippen LogP contribution in [-0.2, 0) is 13.0 Å². The van der Waals surface area contributed by atoms with E-state index in [1.165, 1.54) is 16.3 Å². The highest BCUT2D eigenvalue weighted by atomic mass is 16.3. The summed E-state index contributed by atoms with van der Waals surface area (Å²) >= 11 is 0. The van der Waals surface area contributed by atoms with Crippen molar-refractivity contribution in [3.8, 4) is 5.75 Å². The SMILES string of the molecule is Oc1ccc2ccccc2c1CN1CCN(CCc2ccccc2)CC1. The molecule has 0 bridgehead atoms. The van der Waals surface area contributed by atoms with Crippen LogP contribution in [0.1, 0.15) is 11.1 Å². The third-order valence-electron chi connectivity index (χ3n) is 5.42. The normalized spacial score (nSPS) is 16.2. The Morgan fingerprint density at radius 1 is 0.731 bits per heavy atom. The molecule has 0 aliphatic carbocycles. The molecular weight excluding hydrogens is 320 g/mol. The minimum atomic E-state index is 0.412. The van der Waals surface area contributed by atoms with E-state index in [2.05, 4.69) is 58.3 Å². The number of fused-ring (bicyclic) bond motifs is 1. The number of rotatable bonds is 5. The van der Waals surface area contributed by atoms with Gasteiger partial charge in [-0.1, -0.05) is 60.7 Å². The summed E-state index contributed by atoms with van der Waals surface area (Å²) in [4.78, 5) is 5.01. The van der Waals surface area contributed by atoms with Crippen LogP contribution in [0.3, 0.4) is 0 Å². The van der Waals surface area contributed by atoms with Crippen molar-refractivity contribution in [3.63, 3.8) is 0 Å². The smallest absolute Gasteiger partial charge is 0.120 e. The van der Waals surface area contributed by atoms with E-state index in [4.69, 9.17) is 0 Å². The molecule has 0 aromatic heterocycles. The van der Waals surface area contributed by atoms with Gasteiger partial charge in [-0.3, -0.25) is 4.90 Å². The molecule has 1 aliphatic heterocycles. The number of benzene rings is 3. The Hall–Kier alpha value is -2.36. The first-order chi connectivity index (χ1) is 12.8. The van der Waals surface area contributed by atoms with Crippen LogP contribution in [0.15, 0.2) is 66.7 Å². The first-order valence-corrected chi connectivity index (χ1v) is 9.48. The van der Waals surface area contributed by atoms with Crippen LogP contribution in [0.5, 0.6) is 5.75 Å². The summed E-state index contributed by atoms with van der Waals surface area (Å²) < 4.78 is 0. The Bertz CT molecular complexity index is 854. The first-order valence-electron chi connectivity index (χ1n) is 9.48. The number of hydrogen-bond acceptors (Lipinski definition) is 3. The minimum Gasteiger partial charge on any atom is -0.508 e. The molecule has 1 saturated heterocycles. The van der Waals surface area contributed by atoms with E-state index >= 15 is 0 Å². The fraction of sp³-hybridized carbons (Fsp3) is 0.304. The van der Waals surface area contributed by atoms with E-state index in [0.29, 0.717) is 5.75 Å². The van der Waals surface area contributed by atoms with Crippen molar-refractivity contribution in [1.29, 1.82) is 0 Å². The molecule has 4 rings (SSSR count). The molecule has 1 heterocycles. The molecule has 0 amide bonds. The maximum Gasteiger partial charge on any atom is 0.120 e.